The van der Waals surface area contributed by atoms with E-state index < -0.39 is 0 Å². The maximum Gasteiger partial charge on any atom is 0.131 e. The molecule has 0 saturated carbocycles. The average molecular weight is 328 g/mol. The number of benzene rings is 2. The summed E-state index contributed by atoms with van der Waals surface area (Å²) in [6.45, 7) is 2.65. The van der Waals surface area contributed by atoms with Gasteiger partial charge in [0.05, 0.1) is 33.6 Å². The quantitative estimate of drug-likeness (QED) is 0.594. The van der Waals surface area contributed by atoms with E-state index in [1.807, 2.05) is 42.5 Å². The predicted molar refractivity (Wildman–Crippen MR) is 96.2 cm³/mol. The molecule has 0 unspecified atom stereocenters. The Balaban J connectivity index is 2.17. The summed E-state index contributed by atoms with van der Waals surface area (Å²) in [6, 6.07) is 13.6. The lowest BCUT2D eigenvalue weighted by Crippen LogP contribution is -2.12. The van der Waals surface area contributed by atoms with Gasteiger partial charge in [0.15, 0.2) is 0 Å². The second kappa shape index (κ2) is 8.82. The largest absolute Gasteiger partial charge is 0.497 e. The first-order valence-electron chi connectivity index (χ1n) is 7.87. The Morgan fingerprint density at radius 1 is 0.958 bits per heavy atom. The van der Waals surface area contributed by atoms with Crippen molar-refractivity contribution in [3.63, 3.8) is 0 Å². The highest BCUT2D eigenvalue weighted by Gasteiger charge is 2.10. The van der Waals surface area contributed by atoms with E-state index >= 15 is 0 Å². The molecule has 0 radical (unpaired) electrons. The molecule has 0 aliphatic rings. The van der Waals surface area contributed by atoms with Crippen molar-refractivity contribution < 1.29 is 14.2 Å². The number of para-hydroxylation sites is 1. The Morgan fingerprint density at radius 2 is 1.71 bits per heavy atom. The lowest BCUT2D eigenvalue weighted by atomic mass is 10.1. The summed E-state index contributed by atoms with van der Waals surface area (Å²) in [5.41, 5.74) is 6.06. The lowest BCUT2D eigenvalue weighted by Gasteiger charge is -2.12. The van der Waals surface area contributed by atoms with E-state index in [1.165, 1.54) is 0 Å². The van der Waals surface area contributed by atoms with Gasteiger partial charge < -0.3 is 19.6 Å². The van der Waals surface area contributed by atoms with Crippen LogP contribution in [0.4, 0.5) is 0 Å². The van der Waals surface area contributed by atoms with Crippen molar-refractivity contribution in [3.05, 3.63) is 53.6 Å². The number of ether oxygens (including phenoxy) is 3. The third kappa shape index (κ3) is 4.19. The van der Waals surface area contributed by atoms with Crippen molar-refractivity contribution >= 4 is 5.71 Å². The topological polar surface area (TPSA) is 52.1 Å². The molecule has 2 aromatic carbocycles. The van der Waals surface area contributed by atoms with E-state index in [0.717, 1.165) is 40.5 Å². The van der Waals surface area contributed by atoms with Gasteiger partial charge in [0.25, 0.3) is 0 Å². The smallest absolute Gasteiger partial charge is 0.131 e. The SMILES string of the molecule is CC/C(=N\NCc1ccccc1OC)c1ccc(OC)cc1OC. The summed E-state index contributed by atoms with van der Waals surface area (Å²) < 4.78 is 16.1. The van der Waals surface area contributed by atoms with E-state index in [4.69, 9.17) is 14.2 Å². The Kier molecular flexibility index (Phi) is 6.49. The Morgan fingerprint density at radius 3 is 2.38 bits per heavy atom. The molecule has 1 N–H and O–H groups in total. The summed E-state index contributed by atoms with van der Waals surface area (Å²) in [5, 5.41) is 4.54. The molecule has 24 heavy (non-hydrogen) atoms. The highest BCUT2D eigenvalue weighted by atomic mass is 16.5. The summed E-state index contributed by atoms with van der Waals surface area (Å²) >= 11 is 0. The molecule has 0 aliphatic carbocycles. The molecule has 128 valence electrons. The second-order valence-electron chi connectivity index (χ2n) is 5.13. The zero-order valence-electron chi connectivity index (χ0n) is 14.6. The van der Waals surface area contributed by atoms with Crippen molar-refractivity contribution in [2.75, 3.05) is 21.3 Å². The summed E-state index contributed by atoms with van der Waals surface area (Å²) in [7, 11) is 4.95. The van der Waals surface area contributed by atoms with Crippen molar-refractivity contribution in [2.45, 2.75) is 19.9 Å². The van der Waals surface area contributed by atoms with Crippen LogP contribution in [-0.4, -0.2) is 27.0 Å². The normalized spacial score (nSPS) is 11.1. The first-order valence-corrected chi connectivity index (χ1v) is 7.87. The highest BCUT2D eigenvalue weighted by molar-refractivity contribution is 6.02. The number of nitrogens with one attached hydrogen (secondary N) is 1. The highest BCUT2D eigenvalue weighted by Crippen LogP contribution is 2.26. The third-order valence-corrected chi connectivity index (χ3v) is 3.73. The van der Waals surface area contributed by atoms with Crippen LogP contribution >= 0.6 is 0 Å². The standard InChI is InChI=1S/C19H24N2O3/c1-5-17(16-11-10-15(22-2)12-19(16)24-4)21-20-13-14-8-6-7-9-18(14)23-3/h6-12,20H,5,13H2,1-4H3/b21-17+. The molecule has 0 fully saturated rings. The van der Waals surface area contributed by atoms with Crippen molar-refractivity contribution in [3.8, 4) is 17.2 Å². The van der Waals surface area contributed by atoms with Crippen LogP contribution in [0.25, 0.3) is 0 Å². The van der Waals surface area contributed by atoms with Crippen LogP contribution in [0.2, 0.25) is 0 Å². The second-order valence-corrected chi connectivity index (χ2v) is 5.13. The van der Waals surface area contributed by atoms with E-state index in [1.54, 1.807) is 21.3 Å². The maximum absolute atomic E-state index is 5.46. The van der Waals surface area contributed by atoms with Gasteiger partial charge in [0, 0.05) is 17.2 Å². The molecule has 2 rings (SSSR count). The Labute approximate surface area is 143 Å². The summed E-state index contributed by atoms with van der Waals surface area (Å²) in [6.07, 6.45) is 0.779. The monoisotopic (exact) mass is 328 g/mol. The van der Waals surface area contributed by atoms with Crippen LogP contribution in [-0.2, 0) is 6.54 Å². The minimum atomic E-state index is 0.589. The minimum absolute atomic E-state index is 0.589. The summed E-state index contributed by atoms with van der Waals surface area (Å²) in [5.74, 6) is 2.35. The van der Waals surface area contributed by atoms with Crippen LogP contribution < -0.4 is 19.6 Å². The van der Waals surface area contributed by atoms with Gasteiger partial charge in [0.2, 0.25) is 0 Å². The van der Waals surface area contributed by atoms with Crippen molar-refractivity contribution in [1.29, 1.82) is 0 Å². The average Bonchev–Trinajstić information content (AvgIpc) is 2.65. The molecule has 0 spiro atoms. The van der Waals surface area contributed by atoms with E-state index in [2.05, 4.69) is 17.5 Å². The number of hydrogen-bond acceptors (Lipinski definition) is 5. The van der Waals surface area contributed by atoms with Gasteiger partial charge >= 0.3 is 0 Å². The van der Waals surface area contributed by atoms with Crippen molar-refractivity contribution in [2.24, 2.45) is 5.10 Å². The van der Waals surface area contributed by atoms with Gasteiger partial charge in [-0.25, -0.2) is 0 Å². The van der Waals surface area contributed by atoms with Crippen LogP contribution in [0.5, 0.6) is 17.2 Å². The molecule has 5 nitrogen and oxygen atoms in total. The fourth-order valence-electron chi connectivity index (χ4n) is 2.44. The molecule has 0 heterocycles. The number of hydrazone groups is 1. The van der Waals surface area contributed by atoms with Gasteiger partial charge in [-0.1, -0.05) is 25.1 Å². The van der Waals surface area contributed by atoms with E-state index in [9.17, 15) is 0 Å². The van der Waals surface area contributed by atoms with Gasteiger partial charge in [-0.15, -0.1) is 0 Å². The zero-order valence-corrected chi connectivity index (χ0v) is 14.6. The lowest BCUT2D eigenvalue weighted by molar-refractivity contribution is 0.393. The maximum atomic E-state index is 5.46. The van der Waals surface area contributed by atoms with E-state index in [0.29, 0.717) is 6.54 Å². The minimum Gasteiger partial charge on any atom is -0.497 e. The van der Waals surface area contributed by atoms with Gasteiger partial charge in [-0.05, 0) is 24.6 Å². The zero-order chi connectivity index (χ0) is 17.4. The van der Waals surface area contributed by atoms with Gasteiger partial charge in [-0.3, -0.25) is 0 Å². The first kappa shape index (κ1) is 17.7. The van der Waals surface area contributed by atoms with E-state index in [-0.39, 0.29) is 0 Å². The number of rotatable bonds is 8. The third-order valence-electron chi connectivity index (χ3n) is 3.73. The van der Waals surface area contributed by atoms with Crippen LogP contribution in [0.15, 0.2) is 47.6 Å². The molecule has 0 saturated heterocycles. The Bertz CT molecular complexity index is 699. The fraction of sp³-hybridized carbons (Fsp3) is 0.316. The molecule has 0 bridgehead atoms. The summed E-state index contributed by atoms with van der Waals surface area (Å²) in [4.78, 5) is 0. The molecular weight excluding hydrogens is 304 g/mol. The molecule has 5 heteroatoms. The number of hydrogen-bond donors (Lipinski definition) is 1. The molecule has 0 aliphatic heterocycles. The number of methoxy groups -OCH3 is 3. The van der Waals surface area contributed by atoms with Gasteiger partial charge in [0.1, 0.15) is 17.2 Å². The van der Waals surface area contributed by atoms with Crippen LogP contribution in [0.3, 0.4) is 0 Å². The molecule has 2 aromatic rings. The van der Waals surface area contributed by atoms with Crippen LogP contribution in [0, 0.1) is 0 Å². The molecule has 0 aromatic heterocycles. The number of nitrogens with zero attached hydrogens (tertiary/aromatic N) is 1. The van der Waals surface area contributed by atoms with Crippen molar-refractivity contribution in [1.82, 2.24) is 5.43 Å². The molecular formula is C19H24N2O3. The fourth-order valence-corrected chi connectivity index (χ4v) is 2.44. The molecule has 0 atom stereocenters. The first-order chi connectivity index (χ1) is 11.7. The van der Waals surface area contributed by atoms with Gasteiger partial charge in [-0.2, -0.15) is 5.10 Å². The van der Waals surface area contributed by atoms with Crippen LogP contribution in [0.1, 0.15) is 24.5 Å². The predicted octanol–water partition coefficient (Wildman–Crippen LogP) is 3.62. The Hall–Kier alpha value is -2.69. The molecule has 0 amide bonds.